The van der Waals surface area contributed by atoms with E-state index < -0.39 is 17.5 Å². The number of nitrogens with zero attached hydrogens (tertiary/aromatic N) is 1. The number of methoxy groups -OCH3 is 1. The Bertz CT molecular complexity index is 1160. The van der Waals surface area contributed by atoms with E-state index in [4.69, 9.17) is 21.3 Å². The molecule has 5 nitrogen and oxygen atoms in total. The number of aromatic nitrogens is 1. The summed E-state index contributed by atoms with van der Waals surface area (Å²) in [6.45, 7) is 0. The van der Waals surface area contributed by atoms with Crippen LogP contribution in [-0.2, 0) is 6.18 Å². The highest BCUT2D eigenvalue weighted by Crippen LogP contribution is 2.33. The van der Waals surface area contributed by atoms with Crippen LogP contribution in [0.5, 0.6) is 11.5 Å². The molecule has 0 fully saturated rings. The molecule has 0 atom stereocenters. The molecule has 5 N–H and O–H groups in total. The van der Waals surface area contributed by atoms with Gasteiger partial charge in [-0.25, -0.2) is 4.98 Å². The van der Waals surface area contributed by atoms with Crippen molar-refractivity contribution in [3.05, 3.63) is 66.2 Å². The number of ether oxygens (including phenoxy) is 1. The molecule has 0 amide bonds. The molecule has 9 heteroatoms. The number of hydrogen-bond donors (Lipinski definition) is 3. The average Bonchev–Trinajstić information content (AvgIpc) is 3.13. The Kier molecular flexibility index (Phi) is 6.02. The molecule has 4 rings (SSSR count). The van der Waals surface area contributed by atoms with Crippen LogP contribution in [0.15, 0.2) is 60.7 Å². The number of halogens is 3. The van der Waals surface area contributed by atoms with Gasteiger partial charge in [-0.15, -0.1) is 11.3 Å². The number of benzene rings is 3. The summed E-state index contributed by atoms with van der Waals surface area (Å²) in [6.07, 6.45) is -4.44. The van der Waals surface area contributed by atoms with Crippen LogP contribution in [0.1, 0.15) is 5.56 Å². The number of fused-ring (bicyclic) bond motifs is 1. The summed E-state index contributed by atoms with van der Waals surface area (Å²) < 4.78 is 42.2. The van der Waals surface area contributed by atoms with Crippen molar-refractivity contribution in [2.24, 2.45) is 0 Å². The lowest BCUT2D eigenvalue weighted by molar-refractivity contribution is -0.137. The third-order valence-electron chi connectivity index (χ3n) is 4.11. The van der Waals surface area contributed by atoms with E-state index in [2.05, 4.69) is 4.98 Å². The van der Waals surface area contributed by atoms with Gasteiger partial charge >= 0.3 is 6.18 Å². The Morgan fingerprint density at radius 3 is 2.27 bits per heavy atom. The predicted molar refractivity (Wildman–Crippen MR) is 114 cm³/mol. The molecular formula is C21H18F3N3O2S. The van der Waals surface area contributed by atoms with Gasteiger partial charge in [0.1, 0.15) is 16.5 Å². The second kappa shape index (κ2) is 8.50. The fourth-order valence-electron chi connectivity index (χ4n) is 2.50. The molecule has 30 heavy (non-hydrogen) atoms. The molecule has 156 valence electrons. The maximum atomic E-state index is 11.9. The van der Waals surface area contributed by atoms with E-state index in [1.165, 1.54) is 0 Å². The SMILES string of the molecule is COc1ccc2sc(-c3ccc(N)cc3)nc2c1.Nc1ccc(C(F)(F)F)cc1O. The number of alkyl halides is 3. The number of phenolic OH excluding ortho intramolecular Hbond substituents is 1. The smallest absolute Gasteiger partial charge is 0.416 e. The molecule has 0 aliphatic heterocycles. The van der Waals surface area contributed by atoms with Crippen LogP contribution in [0.3, 0.4) is 0 Å². The first-order chi connectivity index (χ1) is 14.2. The second-order valence-electron chi connectivity index (χ2n) is 6.25. The first-order valence-corrected chi connectivity index (χ1v) is 9.45. The lowest BCUT2D eigenvalue weighted by atomic mass is 10.2. The quantitative estimate of drug-likeness (QED) is 0.285. The maximum Gasteiger partial charge on any atom is 0.416 e. The van der Waals surface area contributed by atoms with E-state index in [0.29, 0.717) is 6.07 Å². The summed E-state index contributed by atoms with van der Waals surface area (Å²) in [5.74, 6) is 0.279. The number of thiazole rings is 1. The van der Waals surface area contributed by atoms with E-state index in [1.54, 1.807) is 18.4 Å². The summed E-state index contributed by atoms with van der Waals surface area (Å²) >= 11 is 1.67. The van der Waals surface area contributed by atoms with Crippen LogP contribution in [0.4, 0.5) is 24.5 Å². The largest absolute Gasteiger partial charge is 0.506 e. The van der Waals surface area contributed by atoms with Gasteiger partial charge in [-0.1, -0.05) is 0 Å². The van der Waals surface area contributed by atoms with Crippen molar-refractivity contribution in [1.29, 1.82) is 0 Å². The van der Waals surface area contributed by atoms with Crippen molar-refractivity contribution in [2.75, 3.05) is 18.6 Å². The third kappa shape index (κ3) is 4.93. The molecule has 0 saturated heterocycles. The number of nitrogens with two attached hydrogens (primary N) is 2. The van der Waals surface area contributed by atoms with Crippen LogP contribution >= 0.6 is 11.3 Å². The van der Waals surface area contributed by atoms with Gasteiger partial charge in [0, 0.05) is 17.3 Å². The Morgan fingerprint density at radius 2 is 1.67 bits per heavy atom. The zero-order valence-corrected chi connectivity index (χ0v) is 16.6. The molecule has 0 bridgehead atoms. The van der Waals surface area contributed by atoms with Crippen molar-refractivity contribution in [1.82, 2.24) is 4.98 Å². The van der Waals surface area contributed by atoms with E-state index in [-0.39, 0.29) is 5.69 Å². The van der Waals surface area contributed by atoms with Crippen molar-refractivity contribution >= 4 is 32.9 Å². The lowest BCUT2D eigenvalue weighted by Crippen LogP contribution is -2.04. The first-order valence-electron chi connectivity index (χ1n) is 8.63. The molecule has 1 heterocycles. The fourth-order valence-corrected chi connectivity index (χ4v) is 3.45. The highest BCUT2D eigenvalue weighted by Gasteiger charge is 2.30. The number of aromatic hydroxyl groups is 1. The number of rotatable bonds is 2. The van der Waals surface area contributed by atoms with Crippen molar-refractivity contribution in [3.63, 3.8) is 0 Å². The van der Waals surface area contributed by atoms with E-state index >= 15 is 0 Å². The van der Waals surface area contributed by atoms with Crippen LogP contribution in [0, 0.1) is 0 Å². The minimum absolute atomic E-state index is 0.0667. The van der Waals surface area contributed by atoms with Gasteiger partial charge in [0.05, 0.1) is 28.6 Å². The topological polar surface area (TPSA) is 94.4 Å². The number of anilines is 2. The van der Waals surface area contributed by atoms with Gasteiger partial charge in [0.25, 0.3) is 0 Å². The number of phenols is 1. The van der Waals surface area contributed by atoms with Gasteiger partial charge in [-0.3, -0.25) is 0 Å². The normalized spacial score (nSPS) is 11.1. The Hall–Kier alpha value is -3.46. The maximum absolute atomic E-state index is 11.9. The van der Waals surface area contributed by atoms with Gasteiger partial charge in [-0.05, 0) is 54.6 Å². The molecule has 4 aromatic rings. The van der Waals surface area contributed by atoms with E-state index in [0.717, 1.165) is 44.4 Å². The molecule has 0 aliphatic carbocycles. The van der Waals surface area contributed by atoms with E-state index in [1.807, 2.05) is 42.5 Å². The monoisotopic (exact) mass is 433 g/mol. The van der Waals surface area contributed by atoms with E-state index in [9.17, 15) is 13.2 Å². The molecule has 1 aromatic heterocycles. The molecule has 0 aliphatic rings. The standard InChI is InChI=1S/C14H12N2OS.C7H6F3NO/c1-17-11-6-7-13-12(8-11)16-14(18-13)9-2-4-10(15)5-3-9;8-7(9,10)4-1-2-5(11)6(12)3-4/h2-8H,15H2,1H3;1-3,12H,11H2. The molecular weight excluding hydrogens is 415 g/mol. The minimum atomic E-state index is -4.44. The lowest BCUT2D eigenvalue weighted by Gasteiger charge is -2.07. The average molecular weight is 433 g/mol. The summed E-state index contributed by atoms with van der Waals surface area (Å²) in [6, 6.07) is 16.1. The van der Waals surface area contributed by atoms with Crippen LogP contribution in [-0.4, -0.2) is 17.2 Å². The molecule has 0 spiro atoms. The second-order valence-corrected chi connectivity index (χ2v) is 7.28. The van der Waals surface area contributed by atoms with Gasteiger partial charge in [0.2, 0.25) is 0 Å². The molecule has 0 saturated carbocycles. The summed E-state index contributed by atoms with van der Waals surface area (Å²) in [7, 11) is 1.66. The summed E-state index contributed by atoms with van der Waals surface area (Å²) in [5.41, 5.74) is 12.6. The summed E-state index contributed by atoms with van der Waals surface area (Å²) in [4.78, 5) is 4.62. The highest BCUT2D eigenvalue weighted by molar-refractivity contribution is 7.21. The number of hydrogen-bond acceptors (Lipinski definition) is 6. The van der Waals surface area contributed by atoms with Crippen molar-refractivity contribution < 1.29 is 23.0 Å². The van der Waals surface area contributed by atoms with Crippen LogP contribution in [0.25, 0.3) is 20.8 Å². The highest BCUT2D eigenvalue weighted by atomic mass is 32.1. The Balaban J connectivity index is 0.000000187. The molecule has 0 unspecified atom stereocenters. The van der Waals surface area contributed by atoms with Crippen LogP contribution in [0.2, 0.25) is 0 Å². The van der Waals surface area contributed by atoms with Crippen molar-refractivity contribution in [3.8, 4) is 22.1 Å². The van der Waals surface area contributed by atoms with Gasteiger partial charge < -0.3 is 21.3 Å². The molecule has 3 aromatic carbocycles. The third-order valence-corrected chi connectivity index (χ3v) is 5.20. The van der Waals surface area contributed by atoms with Gasteiger partial charge in [-0.2, -0.15) is 13.2 Å². The minimum Gasteiger partial charge on any atom is -0.506 e. The van der Waals surface area contributed by atoms with Crippen molar-refractivity contribution in [2.45, 2.75) is 6.18 Å². The Labute approximate surface area is 174 Å². The number of nitrogen functional groups attached to an aromatic ring is 2. The predicted octanol–water partition coefficient (Wildman–Crippen LogP) is 5.55. The van der Waals surface area contributed by atoms with Crippen LogP contribution < -0.4 is 16.2 Å². The zero-order valence-electron chi connectivity index (χ0n) is 15.8. The Morgan fingerprint density at radius 1 is 0.967 bits per heavy atom. The van der Waals surface area contributed by atoms with Gasteiger partial charge in [0.15, 0.2) is 0 Å². The fraction of sp³-hybridized carbons (Fsp3) is 0.0952. The first kappa shape index (κ1) is 21.3. The summed E-state index contributed by atoms with van der Waals surface area (Å²) in [5, 5.41) is 9.84. The molecule has 0 radical (unpaired) electrons. The zero-order chi connectivity index (χ0) is 21.9.